The molecular weight excluding hydrogens is 340 g/mol. The Hall–Kier alpha value is -1.45. The van der Waals surface area contributed by atoms with E-state index in [1.807, 2.05) is 16.8 Å². The maximum absolute atomic E-state index is 11.3. The monoisotopic (exact) mass is 350 g/mol. The van der Waals surface area contributed by atoms with Crippen molar-refractivity contribution in [3.63, 3.8) is 0 Å². The van der Waals surface area contributed by atoms with Crippen LogP contribution in [0.15, 0.2) is 15.9 Å². The SMILES string of the molecule is O=C(O)COCC(=O)NC(=O)NCc1cc(Br)cs1. The van der Waals surface area contributed by atoms with Crippen LogP contribution in [0, 0.1) is 0 Å². The lowest BCUT2D eigenvalue weighted by Crippen LogP contribution is -2.40. The number of aliphatic carboxylic acids is 1. The maximum atomic E-state index is 11.3. The highest BCUT2D eigenvalue weighted by atomic mass is 79.9. The van der Waals surface area contributed by atoms with E-state index in [0.717, 1.165) is 9.35 Å². The van der Waals surface area contributed by atoms with Gasteiger partial charge < -0.3 is 15.2 Å². The first-order valence-corrected chi connectivity index (χ1v) is 6.75. The number of nitrogens with one attached hydrogen (secondary N) is 2. The molecule has 0 unspecified atom stereocenters. The fourth-order valence-corrected chi connectivity index (χ4v) is 2.44. The molecule has 0 saturated heterocycles. The molecule has 7 nitrogen and oxygen atoms in total. The Balaban J connectivity index is 2.19. The van der Waals surface area contributed by atoms with Crippen LogP contribution in [-0.2, 0) is 20.9 Å². The Morgan fingerprint density at radius 1 is 1.37 bits per heavy atom. The number of halogens is 1. The Kier molecular flexibility index (Phi) is 6.46. The van der Waals surface area contributed by atoms with Gasteiger partial charge in [-0.3, -0.25) is 10.1 Å². The molecule has 3 amide bonds. The van der Waals surface area contributed by atoms with Gasteiger partial charge in [0, 0.05) is 14.7 Å². The van der Waals surface area contributed by atoms with Crippen molar-refractivity contribution in [2.75, 3.05) is 13.2 Å². The second kappa shape index (κ2) is 7.87. The number of carboxylic acid groups (broad SMARTS) is 1. The number of amides is 3. The highest BCUT2D eigenvalue weighted by Crippen LogP contribution is 2.19. The fraction of sp³-hybridized carbons (Fsp3) is 0.300. The molecule has 0 aliphatic heterocycles. The minimum atomic E-state index is -1.18. The molecule has 1 heterocycles. The van der Waals surface area contributed by atoms with Crippen molar-refractivity contribution in [3.05, 3.63) is 20.8 Å². The molecule has 0 aromatic carbocycles. The van der Waals surface area contributed by atoms with Crippen LogP contribution in [0.2, 0.25) is 0 Å². The molecule has 3 N–H and O–H groups in total. The Labute approximate surface area is 121 Å². The quantitative estimate of drug-likeness (QED) is 0.708. The predicted octanol–water partition coefficient (Wildman–Crippen LogP) is 0.938. The summed E-state index contributed by atoms with van der Waals surface area (Å²) in [5.74, 6) is -1.88. The van der Waals surface area contributed by atoms with Crippen LogP contribution in [0.5, 0.6) is 0 Å². The molecular formula is C10H11BrN2O5S. The van der Waals surface area contributed by atoms with Gasteiger partial charge in [-0.25, -0.2) is 9.59 Å². The van der Waals surface area contributed by atoms with Crippen LogP contribution in [0.3, 0.4) is 0 Å². The molecule has 0 bridgehead atoms. The second-order valence-electron chi connectivity index (χ2n) is 3.35. The maximum Gasteiger partial charge on any atom is 0.329 e. The van der Waals surface area contributed by atoms with Crippen LogP contribution in [-0.4, -0.2) is 36.2 Å². The third kappa shape index (κ3) is 6.89. The standard InChI is InChI=1S/C10H11BrN2O5S/c11-6-1-7(19-5-6)2-12-10(17)13-8(14)3-18-4-9(15)16/h1,5H,2-4H2,(H,15,16)(H2,12,13,14,17). The van der Waals surface area contributed by atoms with E-state index in [9.17, 15) is 14.4 Å². The van der Waals surface area contributed by atoms with E-state index in [1.165, 1.54) is 11.3 Å². The molecule has 1 aromatic heterocycles. The summed E-state index contributed by atoms with van der Waals surface area (Å²) in [6, 6.07) is 1.19. The van der Waals surface area contributed by atoms with Gasteiger partial charge in [-0.15, -0.1) is 11.3 Å². The molecule has 0 fully saturated rings. The number of hydrogen-bond donors (Lipinski definition) is 3. The minimum Gasteiger partial charge on any atom is -0.480 e. The summed E-state index contributed by atoms with van der Waals surface area (Å²) in [6.45, 7) is -0.770. The average Bonchev–Trinajstić information content (AvgIpc) is 2.72. The van der Waals surface area contributed by atoms with Gasteiger partial charge in [0.05, 0.1) is 6.54 Å². The topological polar surface area (TPSA) is 105 Å². The van der Waals surface area contributed by atoms with Crippen molar-refractivity contribution in [3.8, 4) is 0 Å². The van der Waals surface area contributed by atoms with Gasteiger partial charge in [0.25, 0.3) is 5.91 Å². The molecule has 0 spiro atoms. The molecule has 0 aliphatic rings. The number of hydrogen-bond acceptors (Lipinski definition) is 5. The summed E-state index contributed by atoms with van der Waals surface area (Å²) >= 11 is 4.75. The molecule has 1 aromatic rings. The summed E-state index contributed by atoms with van der Waals surface area (Å²) in [6.07, 6.45) is 0. The number of imide groups is 1. The largest absolute Gasteiger partial charge is 0.480 e. The van der Waals surface area contributed by atoms with E-state index < -0.39 is 31.1 Å². The van der Waals surface area contributed by atoms with E-state index in [4.69, 9.17) is 5.11 Å². The van der Waals surface area contributed by atoms with Crippen molar-refractivity contribution in [1.82, 2.24) is 10.6 Å². The number of rotatable bonds is 6. The van der Waals surface area contributed by atoms with Gasteiger partial charge in [0.1, 0.15) is 13.2 Å². The number of carboxylic acids is 1. The van der Waals surface area contributed by atoms with Crippen LogP contribution < -0.4 is 10.6 Å². The van der Waals surface area contributed by atoms with Gasteiger partial charge in [-0.05, 0) is 22.0 Å². The van der Waals surface area contributed by atoms with Crippen molar-refractivity contribution < 1.29 is 24.2 Å². The fourth-order valence-electron chi connectivity index (χ4n) is 1.05. The van der Waals surface area contributed by atoms with E-state index >= 15 is 0 Å². The zero-order chi connectivity index (χ0) is 14.3. The van der Waals surface area contributed by atoms with Gasteiger partial charge in [0.2, 0.25) is 0 Å². The number of carbonyl (C=O) groups excluding carboxylic acids is 2. The number of carbonyl (C=O) groups is 3. The van der Waals surface area contributed by atoms with E-state index in [0.29, 0.717) is 6.54 Å². The molecule has 0 radical (unpaired) electrons. The van der Waals surface area contributed by atoms with E-state index in [2.05, 4.69) is 26.0 Å². The Bertz CT molecular complexity index is 476. The lowest BCUT2D eigenvalue weighted by Gasteiger charge is -2.05. The van der Waals surface area contributed by atoms with Crippen LogP contribution in [0.25, 0.3) is 0 Å². The van der Waals surface area contributed by atoms with Crippen LogP contribution >= 0.6 is 27.3 Å². The lowest BCUT2D eigenvalue weighted by molar-refractivity contribution is -0.143. The van der Waals surface area contributed by atoms with Crippen molar-refractivity contribution in [2.24, 2.45) is 0 Å². The van der Waals surface area contributed by atoms with Crippen molar-refractivity contribution in [2.45, 2.75) is 6.54 Å². The predicted molar refractivity (Wildman–Crippen MR) is 70.9 cm³/mol. The summed E-state index contributed by atoms with van der Waals surface area (Å²) in [4.78, 5) is 33.5. The normalized spacial score (nSPS) is 9.95. The van der Waals surface area contributed by atoms with Crippen molar-refractivity contribution in [1.29, 1.82) is 0 Å². The molecule has 0 aliphatic carbocycles. The molecule has 9 heteroatoms. The summed E-state index contributed by atoms with van der Waals surface area (Å²) in [5.41, 5.74) is 0. The third-order valence-electron chi connectivity index (χ3n) is 1.76. The average molecular weight is 351 g/mol. The molecule has 0 atom stereocenters. The smallest absolute Gasteiger partial charge is 0.329 e. The summed E-state index contributed by atoms with van der Waals surface area (Å²) < 4.78 is 5.45. The second-order valence-corrected chi connectivity index (χ2v) is 5.26. The molecule has 104 valence electrons. The van der Waals surface area contributed by atoms with Gasteiger partial charge in [-0.1, -0.05) is 0 Å². The Morgan fingerprint density at radius 3 is 2.68 bits per heavy atom. The zero-order valence-corrected chi connectivity index (χ0v) is 12.0. The van der Waals surface area contributed by atoms with Gasteiger partial charge >= 0.3 is 12.0 Å². The van der Waals surface area contributed by atoms with Crippen LogP contribution in [0.4, 0.5) is 4.79 Å². The number of ether oxygens (including phenoxy) is 1. The van der Waals surface area contributed by atoms with E-state index in [-0.39, 0.29) is 0 Å². The molecule has 19 heavy (non-hydrogen) atoms. The first-order valence-electron chi connectivity index (χ1n) is 5.07. The number of thiophene rings is 1. The van der Waals surface area contributed by atoms with E-state index in [1.54, 1.807) is 0 Å². The highest BCUT2D eigenvalue weighted by molar-refractivity contribution is 9.10. The molecule has 1 rings (SSSR count). The number of urea groups is 1. The van der Waals surface area contributed by atoms with Gasteiger partial charge in [0.15, 0.2) is 0 Å². The summed E-state index contributed by atoms with van der Waals surface area (Å²) in [5, 5.41) is 14.7. The minimum absolute atomic E-state index is 0.297. The zero-order valence-electron chi connectivity index (χ0n) is 9.64. The van der Waals surface area contributed by atoms with Crippen LogP contribution in [0.1, 0.15) is 4.88 Å². The van der Waals surface area contributed by atoms with Gasteiger partial charge in [-0.2, -0.15) is 0 Å². The lowest BCUT2D eigenvalue weighted by atomic mass is 10.5. The molecule has 0 saturated carbocycles. The Morgan fingerprint density at radius 2 is 2.11 bits per heavy atom. The highest BCUT2D eigenvalue weighted by Gasteiger charge is 2.08. The first-order chi connectivity index (χ1) is 8.97. The summed E-state index contributed by atoms with van der Waals surface area (Å²) in [7, 11) is 0. The third-order valence-corrected chi connectivity index (χ3v) is 3.45. The van der Waals surface area contributed by atoms with Crippen molar-refractivity contribution >= 4 is 45.2 Å². The first kappa shape index (κ1) is 15.6.